The van der Waals surface area contributed by atoms with Crippen LogP contribution in [0.2, 0.25) is 19.6 Å². The van der Waals surface area contributed by atoms with Crippen LogP contribution in [0.15, 0.2) is 17.5 Å². The molecule has 1 aliphatic rings. The van der Waals surface area contributed by atoms with Crippen LogP contribution in [0.25, 0.3) is 0 Å². The van der Waals surface area contributed by atoms with Gasteiger partial charge in [-0.05, 0) is 30.9 Å². The van der Waals surface area contributed by atoms with Gasteiger partial charge in [0, 0.05) is 5.54 Å². The Morgan fingerprint density at radius 3 is 2.12 bits per heavy atom. The van der Waals surface area contributed by atoms with E-state index < -0.39 is 8.07 Å². The van der Waals surface area contributed by atoms with Gasteiger partial charge in [0.2, 0.25) is 0 Å². The zero-order valence-electron chi connectivity index (χ0n) is 11.4. The Morgan fingerprint density at radius 2 is 1.75 bits per heavy atom. The summed E-state index contributed by atoms with van der Waals surface area (Å²) in [4.78, 5) is 0. The first-order chi connectivity index (χ1) is 7.30. The summed E-state index contributed by atoms with van der Waals surface area (Å²) in [7, 11) is -1.39. The monoisotopic (exact) mass is 237 g/mol. The van der Waals surface area contributed by atoms with Crippen molar-refractivity contribution in [3.05, 3.63) is 17.5 Å². The van der Waals surface area contributed by atoms with E-state index in [2.05, 4.69) is 38.9 Å². The molecule has 1 fully saturated rings. The van der Waals surface area contributed by atoms with Crippen LogP contribution < -0.4 is 5.73 Å². The zero-order valence-corrected chi connectivity index (χ0v) is 12.4. The molecule has 1 rings (SSSR count). The van der Waals surface area contributed by atoms with Crippen LogP contribution in [-0.2, 0) is 0 Å². The van der Waals surface area contributed by atoms with Gasteiger partial charge < -0.3 is 5.73 Å². The molecule has 0 aliphatic heterocycles. The largest absolute Gasteiger partial charge is 0.321 e. The van der Waals surface area contributed by atoms with Crippen molar-refractivity contribution in [2.24, 2.45) is 11.7 Å². The predicted octanol–water partition coefficient (Wildman–Crippen LogP) is 3.87. The quantitative estimate of drug-likeness (QED) is 0.585. The Balaban J connectivity index is 2.94. The Kier molecular flexibility index (Phi) is 4.22. The molecule has 92 valence electrons. The fraction of sp³-hybridized carbons (Fsp3) is 0.786. The molecule has 2 heteroatoms. The third kappa shape index (κ3) is 2.88. The molecule has 0 radical (unpaired) electrons. The van der Waals surface area contributed by atoms with Gasteiger partial charge in [-0.3, -0.25) is 0 Å². The van der Waals surface area contributed by atoms with E-state index in [1.54, 1.807) is 0 Å². The molecule has 0 bridgehead atoms. The summed E-state index contributed by atoms with van der Waals surface area (Å²) in [6.07, 6.45) is 6.62. The molecule has 0 saturated heterocycles. The fourth-order valence-electron chi connectivity index (χ4n) is 3.17. The highest BCUT2D eigenvalue weighted by Crippen LogP contribution is 2.37. The van der Waals surface area contributed by atoms with Crippen LogP contribution in [0.1, 0.15) is 39.0 Å². The van der Waals surface area contributed by atoms with Crippen molar-refractivity contribution in [3.8, 4) is 0 Å². The van der Waals surface area contributed by atoms with E-state index in [0.717, 1.165) is 0 Å². The highest BCUT2D eigenvalue weighted by molar-refractivity contribution is 6.83. The molecular formula is C14H27NSi. The van der Waals surface area contributed by atoms with Crippen LogP contribution in [0.5, 0.6) is 0 Å². The average Bonchev–Trinajstić information content (AvgIpc) is 2.17. The first-order valence-corrected chi connectivity index (χ1v) is 10.00. The van der Waals surface area contributed by atoms with E-state index in [1.807, 2.05) is 0 Å². The molecule has 0 aromatic carbocycles. The topological polar surface area (TPSA) is 26.0 Å². The van der Waals surface area contributed by atoms with Gasteiger partial charge in [-0.1, -0.05) is 45.5 Å². The smallest absolute Gasteiger partial charge is 0.0847 e. The van der Waals surface area contributed by atoms with E-state index in [0.29, 0.717) is 5.92 Å². The summed E-state index contributed by atoms with van der Waals surface area (Å²) in [6, 6.07) is 0. The van der Waals surface area contributed by atoms with E-state index >= 15 is 0 Å². The maximum absolute atomic E-state index is 6.63. The normalized spacial score (nSPS) is 22.3. The maximum atomic E-state index is 6.63. The first-order valence-electron chi connectivity index (χ1n) is 6.50. The lowest BCUT2D eigenvalue weighted by Crippen LogP contribution is -2.52. The van der Waals surface area contributed by atoms with E-state index in [-0.39, 0.29) is 5.54 Å². The second-order valence-corrected chi connectivity index (χ2v) is 11.4. The third-order valence-electron chi connectivity index (χ3n) is 3.92. The van der Waals surface area contributed by atoms with Crippen molar-refractivity contribution in [2.45, 2.75) is 64.2 Å². The summed E-state index contributed by atoms with van der Waals surface area (Å²) >= 11 is 0. The molecule has 1 nitrogen and oxygen atoms in total. The van der Waals surface area contributed by atoms with Gasteiger partial charge in [0.25, 0.3) is 0 Å². The van der Waals surface area contributed by atoms with Crippen molar-refractivity contribution in [1.82, 2.24) is 0 Å². The lowest BCUT2D eigenvalue weighted by molar-refractivity contribution is 0.259. The molecule has 0 aromatic heterocycles. The van der Waals surface area contributed by atoms with Crippen LogP contribution in [0.4, 0.5) is 0 Å². The highest BCUT2D eigenvalue weighted by Gasteiger charge is 2.39. The second-order valence-electron chi connectivity index (χ2n) is 6.42. The lowest BCUT2D eigenvalue weighted by Gasteiger charge is -2.42. The highest BCUT2D eigenvalue weighted by atomic mass is 28.3. The third-order valence-corrected chi connectivity index (χ3v) is 6.13. The first kappa shape index (κ1) is 13.8. The molecule has 0 unspecified atom stereocenters. The standard InChI is InChI=1S/C14H27NSi/c1-6-13(16(3,4)5)14(2,15)12-10-8-7-9-11-12/h12H,1,7-11,15H2,2-5H3/t14-/m0/s1. The van der Waals surface area contributed by atoms with E-state index in [9.17, 15) is 0 Å². The Morgan fingerprint density at radius 1 is 1.25 bits per heavy atom. The second kappa shape index (κ2) is 4.91. The van der Waals surface area contributed by atoms with Gasteiger partial charge >= 0.3 is 0 Å². The summed E-state index contributed by atoms with van der Waals surface area (Å²) < 4.78 is 0. The zero-order chi connectivity index (χ0) is 12.4. The molecular weight excluding hydrogens is 210 g/mol. The van der Waals surface area contributed by atoms with Crippen molar-refractivity contribution in [2.75, 3.05) is 0 Å². The van der Waals surface area contributed by atoms with Crippen molar-refractivity contribution in [1.29, 1.82) is 0 Å². The summed E-state index contributed by atoms with van der Waals surface area (Å²) in [5.74, 6) is 0.636. The van der Waals surface area contributed by atoms with Gasteiger partial charge in [-0.25, -0.2) is 0 Å². The Labute approximate surface area is 102 Å². The number of hydrogen-bond acceptors (Lipinski definition) is 1. The molecule has 0 spiro atoms. The van der Waals surface area contributed by atoms with Crippen molar-refractivity contribution < 1.29 is 0 Å². The minimum atomic E-state index is -1.39. The predicted molar refractivity (Wildman–Crippen MR) is 75.2 cm³/mol. The van der Waals surface area contributed by atoms with E-state index in [1.165, 1.54) is 37.3 Å². The van der Waals surface area contributed by atoms with Gasteiger partial charge in [0.15, 0.2) is 0 Å². The molecule has 1 atom stereocenters. The van der Waals surface area contributed by atoms with Crippen molar-refractivity contribution in [3.63, 3.8) is 0 Å². The minimum absolute atomic E-state index is 0.174. The molecule has 2 N–H and O–H groups in total. The SMILES string of the molecule is C=C=C([C@@](C)(N)C1CCCCC1)[Si](C)(C)C. The fourth-order valence-corrected chi connectivity index (χ4v) is 5.52. The van der Waals surface area contributed by atoms with E-state index in [4.69, 9.17) is 5.73 Å². The van der Waals surface area contributed by atoms with Gasteiger partial charge in [-0.2, -0.15) is 0 Å². The van der Waals surface area contributed by atoms with Gasteiger partial charge in [0.05, 0.1) is 8.07 Å². The molecule has 1 aliphatic carbocycles. The lowest BCUT2D eigenvalue weighted by atomic mass is 9.76. The molecule has 0 amide bonds. The van der Waals surface area contributed by atoms with Gasteiger partial charge in [-0.15, -0.1) is 5.73 Å². The average molecular weight is 237 g/mol. The number of hydrogen-bond donors (Lipinski definition) is 1. The summed E-state index contributed by atoms with van der Waals surface area (Å²) in [5.41, 5.74) is 9.64. The number of nitrogens with two attached hydrogens (primary N) is 1. The molecule has 16 heavy (non-hydrogen) atoms. The van der Waals surface area contributed by atoms with Crippen LogP contribution in [0.3, 0.4) is 0 Å². The van der Waals surface area contributed by atoms with Crippen LogP contribution >= 0.6 is 0 Å². The number of rotatable bonds is 3. The Bertz CT molecular complexity index is 286. The molecule has 0 heterocycles. The minimum Gasteiger partial charge on any atom is -0.321 e. The summed E-state index contributed by atoms with van der Waals surface area (Å²) in [6.45, 7) is 13.1. The summed E-state index contributed by atoms with van der Waals surface area (Å²) in [5, 5.41) is 1.33. The maximum Gasteiger partial charge on any atom is 0.0847 e. The molecule has 0 aromatic rings. The van der Waals surface area contributed by atoms with Crippen LogP contribution in [0, 0.1) is 5.92 Å². The van der Waals surface area contributed by atoms with Crippen molar-refractivity contribution >= 4 is 8.07 Å². The Hall–Kier alpha value is -0.303. The van der Waals surface area contributed by atoms with Gasteiger partial charge in [0.1, 0.15) is 0 Å². The van der Waals surface area contributed by atoms with Crippen LogP contribution in [-0.4, -0.2) is 13.6 Å². The molecule has 1 saturated carbocycles.